The summed E-state index contributed by atoms with van der Waals surface area (Å²) >= 11 is 1.27. The van der Waals surface area contributed by atoms with Crippen molar-refractivity contribution in [3.8, 4) is 6.07 Å². The minimum absolute atomic E-state index is 0.0723. The van der Waals surface area contributed by atoms with Crippen LogP contribution in [0.4, 0.5) is 0 Å². The predicted molar refractivity (Wildman–Crippen MR) is 102 cm³/mol. The lowest BCUT2D eigenvalue weighted by Crippen LogP contribution is -2.43. The number of hydrogen-bond donors (Lipinski definition) is 1. The number of thioether (sulfide) groups is 1. The van der Waals surface area contributed by atoms with Gasteiger partial charge in [0, 0.05) is 24.9 Å². The standard InChI is InChI=1S/C20H23N3O2S/c1-14-7-5-6-10-23(14)19(25)13-26-20-17(12-21)16(11-18(24)22-20)15-8-3-2-4-9-15/h2-4,8-9,14,16H,5-7,10-11,13H2,1H3,(H,22,24)/t14-,16-/m0/s1. The number of carbonyl (C=O) groups is 2. The number of hydrogen-bond acceptors (Lipinski definition) is 4. The van der Waals surface area contributed by atoms with Crippen LogP contribution in [0, 0.1) is 11.3 Å². The second-order valence-electron chi connectivity index (χ2n) is 6.79. The molecule has 26 heavy (non-hydrogen) atoms. The highest BCUT2D eigenvalue weighted by atomic mass is 32.2. The van der Waals surface area contributed by atoms with Crippen LogP contribution in [-0.2, 0) is 9.59 Å². The zero-order valence-electron chi connectivity index (χ0n) is 14.9. The van der Waals surface area contributed by atoms with E-state index < -0.39 is 0 Å². The summed E-state index contributed by atoms with van der Waals surface area (Å²) < 4.78 is 0. The second kappa shape index (κ2) is 8.41. The quantitative estimate of drug-likeness (QED) is 0.885. The summed E-state index contributed by atoms with van der Waals surface area (Å²) in [6.07, 6.45) is 3.50. The van der Waals surface area contributed by atoms with Crippen LogP contribution in [0.1, 0.15) is 44.1 Å². The minimum atomic E-state index is -0.249. The number of nitrogens with zero attached hydrogens (tertiary/aromatic N) is 2. The van der Waals surface area contributed by atoms with E-state index in [2.05, 4.69) is 18.3 Å². The van der Waals surface area contributed by atoms with Gasteiger partial charge < -0.3 is 10.2 Å². The molecule has 2 heterocycles. The fourth-order valence-corrected chi connectivity index (χ4v) is 4.55. The van der Waals surface area contributed by atoms with Crippen molar-refractivity contribution >= 4 is 23.6 Å². The molecule has 1 N–H and O–H groups in total. The van der Waals surface area contributed by atoms with Crippen LogP contribution in [0.15, 0.2) is 40.9 Å². The summed E-state index contributed by atoms with van der Waals surface area (Å²) in [6.45, 7) is 2.87. The van der Waals surface area contributed by atoms with Crippen molar-refractivity contribution in [2.45, 2.75) is 44.6 Å². The van der Waals surface area contributed by atoms with Crippen molar-refractivity contribution in [3.05, 3.63) is 46.5 Å². The maximum atomic E-state index is 12.6. The van der Waals surface area contributed by atoms with Crippen molar-refractivity contribution in [2.24, 2.45) is 0 Å². The monoisotopic (exact) mass is 369 g/mol. The van der Waals surface area contributed by atoms with Gasteiger partial charge in [-0.2, -0.15) is 5.26 Å². The van der Waals surface area contributed by atoms with Gasteiger partial charge in [-0.25, -0.2) is 0 Å². The molecule has 6 heteroatoms. The van der Waals surface area contributed by atoms with Crippen LogP contribution in [0.2, 0.25) is 0 Å². The third-order valence-corrected chi connectivity index (χ3v) is 6.02. The highest BCUT2D eigenvalue weighted by Crippen LogP contribution is 2.36. The number of rotatable bonds is 4. The Bertz CT molecular complexity index is 754. The van der Waals surface area contributed by atoms with Gasteiger partial charge in [-0.3, -0.25) is 9.59 Å². The molecular formula is C20H23N3O2S. The van der Waals surface area contributed by atoms with E-state index in [1.165, 1.54) is 11.8 Å². The number of nitrogens with one attached hydrogen (secondary N) is 1. The Morgan fingerprint density at radius 3 is 2.81 bits per heavy atom. The van der Waals surface area contributed by atoms with Gasteiger partial charge >= 0.3 is 0 Å². The SMILES string of the molecule is C[C@H]1CCCCN1C(=O)CSC1=C(C#N)[C@H](c2ccccc2)CC(=O)N1. The Morgan fingerprint density at radius 1 is 1.35 bits per heavy atom. The van der Waals surface area contributed by atoms with Crippen LogP contribution in [0.5, 0.6) is 0 Å². The molecule has 2 amide bonds. The molecule has 0 aliphatic carbocycles. The van der Waals surface area contributed by atoms with Gasteiger partial charge in [0.05, 0.1) is 22.4 Å². The normalized spacial score (nSPS) is 23.4. The van der Waals surface area contributed by atoms with Crippen LogP contribution in [0.25, 0.3) is 0 Å². The van der Waals surface area contributed by atoms with Crippen molar-refractivity contribution in [2.75, 3.05) is 12.3 Å². The summed E-state index contributed by atoms with van der Waals surface area (Å²) in [7, 11) is 0. The summed E-state index contributed by atoms with van der Waals surface area (Å²) in [5.74, 6) is -0.0456. The van der Waals surface area contributed by atoms with Crippen LogP contribution in [-0.4, -0.2) is 35.1 Å². The average molecular weight is 369 g/mol. The number of benzene rings is 1. The third-order valence-electron chi connectivity index (χ3n) is 5.02. The molecule has 2 aliphatic rings. The summed E-state index contributed by atoms with van der Waals surface area (Å²) in [5.41, 5.74) is 1.49. The number of allylic oxidation sites excluding steroid dienone is 1. The molecular weight excluding hydrogens is 346 g/mol. The topological polar surface area (TPSA) is 73.2 Å². The highest BCUT2D eigenvalue weighted by molar-refractivity contribution is 8.03. The van der Waals surface area contributed by atoms with E-state index >= 15 is 0 Å². The Hall–Kier alpha value is -2.26. The summed E-state index contributed by atoms with van der Waals surface area (Å²) in [6, 6.07) is 12.1. The van der Waals surface area contributed by atoms with Gasteiger partial charge in [-0.15, -0.1) is 0 Å². The van der Waals surface area contributed by atoms with Crippen LogP contribution >= 0.6 is 11.8 Å². The van der Waals surface area contributed by atoms with E-state index in [1.54, 1.807) is 0 Å². The lowest BCUT2D eigenvalue weighted by atomic mass is 9.87. The molecule has 0 spiro atoms. The number of amides is 2. The first-order valence-electron chi connectivity index (χ1n) is 9.01. The molecule has 0 aromatic heterocycles. The molecule has 1 aromatic carbocycles. The lowest BCUT2D eigenvalue weighted by molar-refractivity contribution is -0.131. The first-order valence-corrected chi connectivity index (χ1v) is 10.00. The van der Waals surface area contributed by atoms with Crippen LogP contribution < -0.4 is 5.32 Å². The van der Waals surface area contributed by atoms with Gasteiger partial charge in [0.1, 0.15) is 0 Å². The van der Waals surface area contributed by atoms with Crippen molar-refractivity contribution < 1.29 is 9.59 Å². The van der Waals surface area contributed by atoms with Gasteiger partial charge in [0.15, 0.2) is 0 Å². The molecule has 0 saturated carbocycles. The van der Waals surface area contributed by atoms with Gasteiger partial charge in [-0.1, -0.05) is 42.1 Å². The molecule has 3 rings (SSSR count). The fraction of sp³-hybridized carbons (Fsp3) is 0.450. The minimum Gasteiger partial charge on any atom is -0.339 e. The first kappa shape index (κ1) is 18.5. The molecule has 2 atom stereocenters. The molecule has 136 valence electrons. The Balaban J connectivity index is 1.76. The zero-order chi connectivity index (χ0) is 18.5. The maximum Gasteiger partial charge on any atom is 0.233 e. The van der Waals surface area contributed by atoms with Gasteiger partial charge in [0.2, 0.25) is 11.8 Å². The number of likely N-dealkylation sites (tertiary alicyclic amines) is 1. The fourth-order valence-electron chi connectivity index (χ4n) is 3.59. The molecule has 1 fully saturated rings. The molecule has 0 bridgehead atoms. The molecule has 1 aromatic rings. The van der Waals surface area contributed by atoms with Crippen molar-refractivity contribution in [1.29, 1.82) is 5.26 Å². The van der Waals surface area contributed by atoms with Crippen molar-refractivity contribution in [1.82, 2.24) is 10.2 Å². The largest absolute Gasteiger partial charge is 0.339 e. The van der Waals surface area contributed by atoms with Gasteiger partial charge in [0.25, 0.3) is 0 Å². The third kappa shape index (κ3) is 4.10. The van der Waals surface area contributed by atoms with Crippen LogP contribution in [0.3, 0.4) is 0 Å². The summed E-state index contributed by atoms with van der Waals surface area (Å²) in [5, 5.41) is 13.0. The molecule has 0 unspecified atom stereocenters. The lowest BCUT2D eigenvalue weighted by Gasteiger charge is -2.33. The Morgan fingerprint density at radius 2 is 2.12 bits per heavy atom. The van der Waals surface area contributed by atoms with E-state index in [0.29, 0.717) is 10.6 Å². The van der Waals surface area contributed by atoms with E-state index in [-0.39, 0.29) is 35.9 Å². The van der Waals surface area contributed by atoms with Crippen molar-refractivity contribution in [3.63, 3.8) is 0 Å². The summed E-state index contributed by atoms with van der Waals surface area (Å²) in [4.78, 5) is 26.6. The van der Waals surface area contributed by atoms with E-state index in [1.807, 2.05) is 35.2 Å². The number of nitriles is 1. The maximum absolute atomic E-state index is 12.6. The van der Waals surface area contributed by atoms with E-state index in [9.17, 15) is 14.9 Å². The average Bonchev–Trinajstić information content (AvgIpc) is 2.66. The first-order chi connectivity index (χ1) is 12.6. The number of carbonyl (C=O) groups excluding carboxylic acids is 2. The molecule has 2 aliphatic heterocycles. The Labute approximate surface area is 158 Å². The smallest absolute Gasteiger partial charge is 0.233 e. The molecule has 1 saturated heterocycles. The Kier molecular flexibility index (Phi) is 6.00. The molecule has 0 radical (unpaired) electrons. The highest BCUT2D eigenvalue weighted by Gasteiger charge is 2.30. The second-order valence-corrected chi connectivity index (χ2v) is 7.78. The van der Waals surface area contributed by atoms with Gasteiger partial charge in [-0.05, 0) is 31.7 Å². The number of piperidine rings is 1. The predicted octanol–water partition coefficient (Wildman–Crippen LogP) is 3.16. The zero-order valence-corrected chi connectivity index (χ0v) is 15.7. The molecule has 5 nitrogen and oxygen atoms in total. The van der Waals surface area contributed by atoms with E-state index in [0.717, 1.165) is 31.4 Å². The van der Waals surface area contributed by atoms with E-state index in [4.69, 9.17) is 0 Å².